The Morgan fingerprint density at radius 3 is 1.65 bits per heavy atom. The number of nitrogens with zero attached hydrogens (tertiary/aromatic N) is 4. The Kier molecular flexibility index (Phi) is 28.5. The number of guanidine groups is 1. The van der Waals surface area contributed by atoms with Gasteiger partial charge in [-0.1, -0.05) is 50.2 Å². The third kappa shape index (κ3) is 20.5. The molecule has 5 aromatic rings. The number of nitrogens with two attached hydrogens (primary N) is 1. The van der Waals surface area contributed by atoms with Crippen molar-refractivity contribution in [2.45, 2.75) is 189 Å². The van der Waals surface area contributed by atoms with Gasteiger partial charge in [0.25, 0.3) is 0 Å². The molecule has 34 nitrogen and oxygen atoms in total. The molecule has 0 saturated carbocycles. The summed E-state index contributed by atoms with van der Waals surface area (Å²) in [5.74, 6) is -9.93. The molecule has 9 rings (SSSR count). The molecule has 4 aliphatic rings. The van der Waals surface area contributed by atoms with Crippen LogP contribution in [0.3, 0.4) is 0 Å². The van der Waals surface area contributed by atoms with Crippen molar-refractivity contribution in [1.29, 1.82) is 5.41 Å². The van der Waals surface area contributed by atoms with Crippen molar-refractivity contribution in [3.8, 4) is 0 Å². The average Bonchev–Trinajstić information content (AvgIpc) is 1.62. The number of H-pyrrole nitrogens is 3. The van der Waals surface area contributed by atoms with E-state index < -0.39 is 156 Å². The summed E-state index contributed by atoms with van der Waals surface area (Å²) >= 11 is 1.39. The average molecular weight is 1490 g/mol. The lowest BCUT2D eigenvalue weighted by Gasteiger charge is -2.34. The van der Waals surface area contributed by atoms with E-state index in [2.05, 4.69) is 73.1 Å². The van der Waals surface area contributed by atoms with Gasteiger partial charge in [-0.15, -0.1) is 0 Å². The number of carboxylic acids is 1. The van der Waals surface area contributed by atoms with Crippen LogP contribution in [-0.4, -0.2) is 257 Å². The first-order valence-corrected chi connectivity index (χ1v) is 37.5. The van der Waals surface area contributed by atoms with Gasteiger partial charge in [-0.2, -0.15) is 11.8 Å². The highest BCUT2D eigenvalue weighted by Crippen LogP contribution is 2.29. The highest BCUT2D eigenvalue weighted by molar-refractivity contribution is 7.98. The van der Waals surface area contributed by atoms with Gasteiger partial charge in [-0.05, 0) is 125 Å². The number of para-hydroxylation sites is 2. The number of likely N-dealkylation sites (tertiary alicyclic amines) is 3. The number of aliphatic hydroxyl groups excluding tert-OH is 2. The van der Waals surface area contributed by atoms with E-state index in [0.717, 1.165) is 22.9 Å². The molecular formula is C71H99N19O15S. The van der Waals surface area contributed by atoms with Crippen molar-refractivity contribution in [3.05, 3.63) is 90.3 Å². The molecule has 0 aliphatic carbocycles. The van der Waals surface area contributed by atoms with E-state index in [4.69, 9.17) is 11.1 Å². The molecule has 7 heterocycles. The number of aromatic nitrogens is 4. The second-order valence-electron chi connectivity index (χ2n) is 27.7. The number of thioether (sulfide) groups is 1. The number of aliphatic carboxylic acids is 1. The number of carbonyl (C=O) groups is 12. The first kappa shape index (κ1) is 80.0. The molecule has 19 N–H and O–H groups in total. The standard InChI is InChI=1S/C71H99N19O15S/c1-38(2)57(86-62(96)51(82-59(93)47-18-9-24-75-47)31-41-34-78-46-17-8-6-15-44(41)46)69(103)89-27-12-21-55(89)66(100)85-53(36-91)64(98)83-50(30-40-33-77-45-16-7-5-14-43(40)45)61(95)81-49(23-29-106-4)67(101)90-28-13-22-56(90)68(102)88-26-11-20-54(88)65(99)80-48(19-10-25-76-71(72)73)60(94)84-52(32-42-35-74-37-79-42)63(97)87-58(39(3)92)70(104)105/h5-8,14-17,33-35,37-39,47-58,75,77-78,91-92H,9-13,18-32,36H2,1-4H3,(H,74,79)(H,80,99)(H,81,95)(H,82,93)(H,83,98)(H,84,94)(H,85,100)(H,86,96)(H,87,97)(H,104,105)(H4,72,73,76)/t39-,47+,48+,49+,50+,51+,52+,53+,54+,55+,56+,57+,58+/m1/s1. The Labute approximate surface area is 616 Å². The SMILES string of the molecule is CSCC[C@H](NC(=O)[C@H](Cc1c[nH]c2ccccc12)NC(=O)[C@H](CO)NC(=O)[C@@H]1CCCN1C(=O)[C@@H](NC(=O)[C@H](Cc1c[nH]c2ccccc12)NC(=O)[C@@H]1CCCN1)C(C)C)C(=O)N1CCC[C@H]1C(=O)N1CCC[C@H]1C(=O)N[C@@H](CCCNC(=N)N)C(=O)N[C@@H](Cc1c[nH]cn1)C(=O)N[C@H](C(=O)O)[C@@H](C)O. The molecule has 0 bridgehead atoms. The van der Waals surface area contributed by atoms with Gasteiger partial charge in [-0.3, -0.25) is 58.1 Å². The maximum absolute atomic E-state index is 15.1. The Morgan fingerprint density at radius 2 is 1.10 bits per heavy atom. The zero-order valence-corrected chi connectivity index (χ0v) is 60.7. The van der Waals surface area contributed by atoms with Crippen LogP contribution in [-0.2, 0) is 76.8 Å². The summed E-state index contributed by atoms with van der Waals surface area (Å²) in [6, 6.07) is -0.384. The molecule has 4 saturated heterocycles. The van der Waals surface area contributed by atoms with Crippen molar-refractivity contribution >= 4 is 110 Å². The molecule has 35 heteroatoms. The fourth-order valence-corrected chi connectivity index (χ4v) is 14.6. The van der Waals surface area contributed by atoms with Gasteiger partial charge >= 0.3 is 5.97 Å². The third-order valence-corrected chi connectivity index (χ3v) is 20.5. The molecule has 574 valence electrons. The van der Waals surface area contributed by atoms with Gasteiger partial charge in [-0.25, -0.2) is 9.78 Å². The number of hydrogen-bond donors (Lipinski definition) is 18. The smallest absolute Gasteiger partial charge is 0.328 e. The number of imidazole rings is 1. The molecule has 13 atom stereocenters. The molecule has 0 unspecified atom stereocenters. The van der Waals surface area contributed by atoms with E-state index in [0.29, 0.717) is 60.1 Å². The van der Waals surface area contributed by atoms with E-state index in [1.165, 1.54) is 45.9 Å². The van der Waals surface area contributed by atoms with E-state index in [1.807, 2.05) is 42.5 Å². The minimum Gasteiger partial charge on any atom is -0.480 e. The summed E-state index contributed by atoms with van der Waals surface area (Å²) in [5.41, 5.74) is 8.72. The van der Waals surface area contributed by atoms with Gasteiger partial charge in [0.15, 0.2) is 12.0 Å². The van der Waals surface area contributed by atoms with Crippen molar-refractivity contribution in [1.82, 2.24) is 87.8 Å². The van der Waals surface area contributed by atoms with Gasteiger partial charge in [0.2, 0.25) is 65.0 Å². The van der Waals surface area contributed by atoms with Crippen LogP contribution in [0.15, 0.2) is 73.4 Å². The number of hydrogen-bond acceptors (Lipinski definition) is 18. The van der Waals surface area contributed by atoms with Gasteiger partial charge in [0, 0.05) is 85.8 Å². The largest absolute Gasteiger partial charge is 0.480 e. The van der Waals surface area contributed by atoms with Crippen LogP contribution >= 0.6 is 11.8 Å². The minimum atomic E-state index is -1.75. The van der Waals surface area contributed by atoms with Gasteiger partial charge in [0.05, 0.1) is 30.8 Å². The number of aliphatic hydroxyl groups is 2. The van der Waals surface area contributed by atoms with Crippen LogP contribution in [0.2, 0.25) is 0 Å². The zero-order chi connectivity index (χ0) is 76.3. The number of carbonyl (C=O) groups excluding carboxylic acids is 11. The van der Waals surface area contributed by atoms with Crippen molar-refractivity contribution in [2.75, 3.05) is 51.3 Å². The number of aromatic amines is 3. The highest BCUT2D eigenvalue weighted by atomic mass is 32.2. The molecule has 0 spiro atoms. The summed E-state index contributed by atoms with van der Waals surface area (Å²) < 4.78 is 0. The molecule has 11 amide bonds. The van der Waals surface area contributed by atoms with Crippen molar-refractivity contribution in [2.24, 2.45) is 11.7 Å². The second kappa shape index (κ2) is 37.7. The fraction of sp³-hybridized carbons (Fsp3) is 0.549. The predicted octanol–water partition coefficient (Wildman–Crippen LogP) is -1.87. The Balaban J connectivity index is 0.876. The maximum atomic E-state index is 15.1. The summed E-state index contributed by atoms with van der Waals surface area (Å²) in [6.45, 7) is 4.74. The summed E-state index contributed by atoms with van der Waals surface area (Å²) in [7, 11) is 0. The molecular weight excluding hydrogens is 1390 g/mol. The summed E-state index contributed by atoms with van der Waals surface area (Å²) in [5, 5.41) is 67.3. The number of benzene rings is 2. The fourth-order valence-electron chi connectivity index (χ4n) is 14.2. The topological polar surface area (TPSA) is 506 Å². The first-order chi connectivity index (χ1) is 50.8. The molecule has 0 radical (unpaired) electrons. The van der Waals surface area contributed by atoms with Gasteiger partial charge < -0.3 is 104 Å². The van der Waals surface area contributed by atoms with E-state index >= 15 is 9.59 Å². The highest BCUT2D eigenvalue weighted by Gasteiger charge is 2.46. The molecule has 4 fully saturated rings. The second-order valence-corrected chi connectivity index (χ2v) is 28.7. The normalized spacial score (nSPS) is 19.7. The third-order valence-electron chi connectivity index (χ3n) is 19.9. The van der Waals surface area contributed by atoms with Crippen LogP contribution in [0.25, 0.3) is 21.8 Å². The van der Waals surface area contributed by atoms with Crippen LogP contribution in [0, 0.1) is 11.3 Å². The minimum absolute atomic E-state index is 0.0650. The molecule has 2 aromatic carbocycles. The van der Waals surface area contributed by atoms with Crippen LogP contribution in [0.4, 0.5) is 0 Å². The van der Waals surface area contributed by atoms with E-state index in [9.17, 15) is 63.3 Å². The lowest BCUT2D eigenvalue weighted by atomic mass is 9.99. The van der Waals surface area contributed by atoms with E-state index in [1.54, 1.807) is 38.6 Å². The number of fused-ring (bicyclic) bond motifs is 2. The molecule has 106 heavy (non-hydrogen) atoms. The van der Waals surface area contributed by atoms with Crippen LogP contribution in [0.5, 0.6) is 0 Å². The lowest BCUT2D eigenvalue weighted by Crippen LogP contribution is -2.61. The number of carboxylic acid groups (broad SMARTS) is 1. The summed E-state index contributed by atoms with van der Waals surface area (Å²) in [4.78, 5) is 189. The van der Waals surface area contributed by atoms with Gasteiger partial charge in [0.1, 0.15) is 60.4 Å². The first-order valence-electron chi connectivity index (χ1n) is 36.1. The Bertz CT molecular complexity index is 3950. The quantitative estimate of drug-likeness (QED) is 0.0119. The number of amides is 11. The Morgan fingerprint density at radius 1 is 0.594 bits per heavy atom. The maximum Gasteiger partial charge on any atom is 0.328 e. The number of rotatable bonds is 36. The lowest BCUT2D eigenvalue weighted by molar-refractivity contribution is -0.148. The molecule has 3 aromatic heterocycles. The Hall–Kier alpha value is -10.1. The number of nitrogens with one attached hydrogen (secondary N) is 14. The predicted molar refractivity (Wildman–Crippen MR) is 390 cm³/mol. The van der Waals surface area contributed by atoms with Crippen molar-refractivity contribution < 1.29 is 72.9 Å². The molecule has 4 aliphatic heterocycles. The zero-order valence-electron chi connectivity index (χ0n) is 59.9. The van der Waals surface area contributed by atoms with Crippen LogP contribution < -0.4 is 58.9 Å². The summed E-state index contributed by atoms with van der Waals surface area (Å²) in [6.07, 6.45) is 9.33. The monoisotopic (exact) mass is 1490 g/mol. The van der Waals surface area contributed by atoms with Crippen molar-refractivity contribution in [3.63, 3.8) is 0 Å². The van der Waals surface area contributed by atoms with E-state index in [-0.39, 0.29) is 95.8 Å². The van der Waals surface area contributed by atoms with Crippen LogP contribution in [0.1, 0.15) is 108 Å².